The second kappa shape index (κ2) is 18.2. The van der Waals surface area contributed by atoms with E-state index >= 15 is 0 Å². The lowest BCUT2D eigenvalue weighted by Gasteiger charge is -2.08. The van der Waals surface area contributed by atoms with E-state index in [1.165, 1.54) is 18.9 Å². The lowest BCUT2D eigenvalue weighted by Crippen LogP contribution is -2.05. The van der Waals surface area contributed by atoms with Crippen molar-refractivity contribution >= 4 is 5.97 Å². The summed E-state index contributed by atoms with van der Waals surface area (Å²) >= 11 is 0. The molecule has 0 bridgehead atoms. The molecule has 1 atom stereocenters. The summed E-state index contributed by atoms with van der Waals surface area (Å²) in [5, 5.41) is 18.2. The number of carboxylic acid groups (broad SMARTS) is 1. The van der Waals surface area contributed by atoms with Crippen molar-refractivity contribution < 1.29 is 15.0 Å². The number of aliphatic hydroxyl groups is 1. The maximum atomic E-state index is 10.2. The minimum Gasteiger partial charge on any atom is -0.478 e. The molecular formula is C22H32O3. The Kier molecular flexibility index (Phi) is 16.7. The van der Waals surface area contributed by atoms with Crippen molar-refractivity contribution in [1.82, 2.24) is 0 Å². The molecule has 0 saturated carbocycles. The molecule has 3 nitrogen and oxygen atoms in total. The molecule has 0 aromatic heterocycles. The van der Waals surface area contributed by atoms with E-state index in [1.54, 1.807) is 12.2 Å². The molecule has 0 aromatic rings. The molecule has 0 rings (SSSR count). The van der Waals surface area contributed by atoms with Crippen molar-refractivity contribution in [3.05, 3.63) is 72.9 Å². The number of hydrogen-bond donors (Lipinski definition) is 2. The van der Waals surface area contributed by atoms with Crippen molar-refractivity contribution in [3.63, 3.8) is 0 Å². The van der Waals surface area contributed by atoms with Crippen LogP contribution in [0, 0.1) is 0 Å². The van der Waals surface area contributed by atoms with E-state index in [4.69, 9.17) is 5.11 Å². The first-order valence-corrected chi connectivity index (χ1v) is 9.07. The Hall–Kier alpha value is -2.13. The number of hydrogen-bond acceptors (Lipinski definition) is 2. The van der Waals surface area contributed by atoms with Crippen molar-refractivity contribution in [2.45, 2.75) is 58.0 Å². The van der Waals surface area contributed by atoms with Crippen LogP contribution in [0.1, 0.15) is 51.9 Å². The number of aliphatic carboxylic acids is 1. The van der Waals surface area contributed by atoms with E-state index in [9.17, 15) is 9.90 Å². The second-order valence-corrected chi connectivity index (χ2v) is 5.75. The zero-order valence-electron chi connectivity index (χ0n) is 15.3. The summed E-state index contributed by atoms with van der Waals surface area (Å²) in [5.74, 6) is -0.949. The fourth-order valence-electron chi connectivity index (χ4n) is 2.07. The van der Waals surface area contributed by atoms with Crippen LogP contribution in [0.3, 0.4) is 0 Å². The first-order valence-electron chi connectivity index (χ1n) is 9.07. The molecule has 0 aliphatic heterocycles. The van der Waals surface area contributed by atoms with Gasteiger partial charge in [0, 0.05) is 6.08 Å². The number of carboxylic acids is 1. The minimum atomic E-state index is -0.949. The molecule has 0 fully saturated rings. The van der Waals surface area contributed by atoms with Crippen molar-refractivity contribution in [2.24, 2.45) is 0 Å². The van der Waals surface area contributed by atoms with Crippen LogP contribution in [0.2, 0.25) is 0 Å². The number of aliphatic hydroxyl groups excluding tert-OH is 1. The molecule has 0 saturated heterocycles. The molecular weight excluding hydrogens is 312 g/mol. The monoisotopic (exact) mass is 344 g/mol. The van der Waals surface area contributed by atoms with Gasteiger partial charge in [-0.15, -0.1) is 0 Å². The predicted molar refractivity (Wildman–Crippen MR) is 106 cm³/mol. The van der Waals surface area contributed by atoms with Crippen LogP contribution in [-0.2, 0) is 4.79 Å². The normalized spacial score (nSPS) is 14.3. The lowest BCUT2D eigenvalue weighted by molar-refractivity contribution is -0.131. The summed E-state index contributed by atoms with van der Waals surface area (Å²) in [4.78, 5) is 10.2. The second-order valence-electron chi connectivity index (χ2n) is 5.75. The third-order valence-electron chi connectivity index (χ3n) is 3.42. The first-order chi connectivity index (χ1) is 12.2. The number of allylic oxidation sites excluding steroid dienone is 11. The van der Waals surface area contributed by atoms with Crippen LogP contribution in [0.5, 0.6) is 0 Å². The van der Waals surface area contributed by atoms with Gasteiger partial charge in [0.05, 0.1) is 6.10 Å². The molecule has 138 valence electrons. The Morgan fingerprint density at radius 2 is 1.32 bits per heavy atom. The molecule has 0 unspecified atom stereocenters. The quantitative estimate of drug-likeness (QED) is 0.248. The minimum absolute atomic E-state index is 0.140. The Morgan fingerprint density at radius 3 is 1.88 bits per heavy atom. The fourth-order valence-corrected chi connectivity index (χ4v) is 2.07. The van der Waals surface area contributed by atoms with E-state index in [1.807, 2.05) is 42.5 Å². The molecule has 0 amide bonds. The Labute approximate surface area is 152 Å². The van der Waals surface area contributed by atoms with E-state index in [2.05, 4.69) is 13.0 Å². The highest BCUT2D eigenvalue weighted by atomic mass is 16.4. The molecule has 2 N–H and O–H groups in total. The van der Waals surface area contributed by atoms with Crippen LogP contribution < -0.4 is 0 Å². The third kappa shape index (κ3) is 19.8. The first kappa shape index (κ1) is 22.9. The molecule has 0 heterocycles. The average Bonchev–Trinajstić information content (AvgIpc) is 2.58. The molecule has 0 radical (unpaired) electrons. The van der Waals surface area contributed by atoms with Gasteiger partial charge in [-0.1, -0.05) is 93.0 Å². The van der Waals surface area contributed by atoms with Crippen LogP contribution in [0.25, 0.3) is 0 Å². The molecule has 0 spiro atoms. The van der Waals surface area contributed by atoms with Gasteiger partial charge in [0.1, 0.15) is 0 Å². The maximum Gasteiger partial charge on any atom is 0.328 e. The van der Waals surface area contributed by atoms with Crippen molar-refractivity contribution in [3.8, 4) is 0 Å². The van der Waals surface area contributed by atoms with Gasteiger partial charge in [-0.2, -0.15) is 0 Å². The van der Waals surface area contributed by atoms with E-state index in [0.717, 1.165) is 38.2 Å². The average molecular weight is 344 g/mol. The van der Waals surface area contributed by atoms with Gasteiger partial charge in [-0.25, -0.2) is 4.79 Å². The zero-order valence-corrected chi connectivity index (χ0v) is 15.3. The molecule has 25 heavy (non-hydrogen) atoms. The molecule has 0 aliphatic rings. The predicted octanol–water partition coefficient (Wildman–Crippen LogP) is 5.52. The number of unbranched alkanes of at least 4 members (excludes halogenated alkanes) is 3. The van der Waals surface area contributed by atoms with E-state index in [-0.39, 0.29) is 6.10 Å². The number of carbonyl (C=O) groups is 1. The zero-order chi connectivity index (χ0) is 18.6. The van der Waals surface area contributed by atoms with Gasteiger partial charge in [0.15, 0.2) is 0 Å². The van der Waals surface area contributed by atoms with Gasteiger partial charge < -0.3 is 10.2 Å². The van der Waals surface area contributed by atoms with Gasteiger partial charge in [-0.05, 0) is 25.7 Å². The van der Waals surface area contributed by atoms with Crippen LogP contribution in [0.15, 0.2) is 72.9 Å². The summed E-state index contributed by atoms with van der Waals surface area (Å²) in [7, 11) is 0. The molecule has 0 aliphatic carbocycles. The van der Waals surface area contributed by atoms with Crippen molar-refractivity contribution in [1.29, 1.82) is 0 Å². The highest BCUT2D eigenvalue weighted by Gasteiger charge is 2.01. The Bertz CT molecular complexity index is 493. The number of rotatable bonds is 14. The Balaban J connectivity index is 3.69. The van der Waals surface area contributed by atoms with Gasteiger partial charge in [0.2, 0.25) is 0 Å². The topological polar surface area (TPSA) is 57.5 Å². The Morgan fingerprint density at radius 1 is 0.800 bits per heavy atom. The molecule has 0 aromatic carbocycles. The summed E-state index contributed by atoms with van der Waals surface area (Å²) in [6.07, 6.45) is 28.9. The van der Waals surface area contributed by atoms with Gasteiger partial charge in [0.25, 0.3) is 0 Å². The van der Waals surface area contributed by atoms with Crippen molar-refractivity contribution in [2.75, 3.05) is 0 Å². The third-order valence-corrected chi connectivity index (χ3v) is 3.42. The van der Waals surface area contributed by atoms with E-state index in [0.29, 0.717) is 0 Å². The van der Waals surface area contributed by atoms with Gasteiger partial charge >= 0.3 is 5.97 Å². The van der Waals surface area contributed by atoms with Gasteiger partial charge in [-0.3, -0.25) is 0 Å². The van der Waals surface area contributed by atoms with Crippen LogP contribution in [-0.4, -0.2) is 22.3 Å². The standard InChI is InChI=1S/C22H32O3/c1-2-3-15-18-21(23)19-16-13-11-9-7-5-4-6-8-10-12-14-17-20-22(24)25/h4-12,14,17,20-21,23H,2-3,13,15-16,18-19H2,1H3,(H,24,25)/t21-/m1/s1. The summed E-state index contributed by atoms with van der Waals surface area (Å²) < 4.78 is 0. The summed E-state index contributed by atoms with van der Waals surface area (Å²) in [6, 6.07) is 0. The van der Waals surface area contributed by atoms with E-state index < -0.39 is 5.97 Å². The van der Waals surface area contributed by atoms with Crippen LogP contribution >= 0.6 is 0 Å². The van der Waals surface area contributed by atoms with Crippen LogP contribution in [0.4, 0.5) is 0 Å². The molecule has 3 heteroatoms. The maximum absolute atomic E-state index is 10.2. The summed E-state index contributed by atoms with van der Waals surface area (Å²) in [6.45, 7) is 2.18. The summed E-state index contributed by atoms with van der Waals surface area (Å²) in [5.41, 5.74) is 0. The lowest BCUT2D eigenvalue weighted by atomic mass is 10.1. The largest absolute Gasteiger partial charge is 0.478 e. The SMILES string of the molecule is CCCCC[C@@H](O)CCCC=CC=CC=CC=CC=CC=CC(=O)O. The highest BCUT2D eigenvalue weighted by molar-refractivity contribution is 5.80. The fraction of sp³-hybridized carbons (Fsp3) is 0.409. The smallest absolute Gasteiger partial charge is 0.328 e. The highest BCUT2D eigenvalue weighted by Crippen LogP contribution is 2.09.